The SMILES string of the molecule is c1ccc(OC2CCN(c3ccccn3)CC2)cc1. The largest absolute Gasteiger partial charge is 0.490 e. The molecule has 1 aliphatic heterocycles. The molecule has 0 radical (unpaired) electrons. The van der Waals surface area contributed by atoms with Crippen molar-refractivity contribution in [3.8, 4) is 5.75 Å². The van der Waals surface area contributed by atoms with Crippen LogP contribution in [0.1, 0.15) is 12.8 Å². The van der Waals surface area contributed by atoms with Crippen molar-refractivity contribution >= 4 is 5.82 Å². The fourth-order valence-corrected chi connectivity index (χ4v) is 2.44. The Morgan fingerprint density at radius 3 is 2.37 bits per heavy atom. The molecule has 19 heavy (non-hydrogen) atoms. The topological polar surface area (TPSA) is 25.4 Å². The predicted molar refractivity (Wildman–Crippen MR) is 76.5 cm³/mol. The summed E-state index contributed by atoms with van der Waals surface area (Å²) in [4.78, 5) is 6.72. The molecule has 1 fully saturated rings. The van der Waals surface area contributed by atoms with E-state index in [9.17, 15) is 0 Å². The van der Waals surface area contributed by atoms with Gasteiger partial charge in [-0.3, -0.25) is 0 Å². The highest BCUT2D eigenvalue weighted by Gasteiger charge is 2.21. The average molecular weight is 254 g/mol. The normalized spacial score (nSPS) is 16.3. The number of nitrogens with zero attached hydrogens (tertiary/aromatic N) is 2. The molecule has 0 N–H and O–H groups in total. The fourth-order valence-electron chi connectivity index (χ4n) is 2.44. The van der Waals surface area contributed by atoms with Crippen LogP contribution in [-0.4, -0.2) is 24.2 Å². The molecule has 0 spiro atoms. The van der Waals surface area contributed by atoms with E-state index >= 15 is 0 Å². The number of rotatable bonds is 3. The van der Waals surface area contributed by atoms with Crippen molar-refractivity contribution in [3.05, 3.63) is 54.7 Å². The Hall–Kier alpha value is -2.03. The maximum Gasteiger partial charge on any atom is 0.128 e. The van der Waals surface area contributed by atoms with Crippen molar-refractivity contribution in [2.24, 2.45) is 0 Å². The number of benzene rings is 1. The summed E-state index contributed by atoms with van der Waals surface area (Å²) in [5.74, 6) is 2.04. The van der Waals surface area contributed by atoms with Crippen molar-refractivity contribution in [3.63, 3.8) is 0 Å². The molecular formula is C16H18N2O. The Balaban J connectivity index is 1.55. The van der Waals surface area contributed by atoms with Crippen LogP contribution in [0.5, 0.6) is 5.75 Å². The van der Waals surface area contributed by atoms with Crippen LogP contribution in [0.2, 0.25) is 0 Å². The lowest BCUT2D eigenvalue weighted by Crippen LogP contribution is -2.38. The van der Waals surface area contributed by atoms with Gasteiger partial charge in [-0.15, -0.1) is 0 Å². The van der Waals surface area contributed by atoms with Gasteiger partial charge in [0, 0.05) is 32.1 Å². The Morgan fingerprint density at radius 2 is 1.68 bits per heavy atom. The standard InChI is InChI=1S/C16H18N2O/c1-2-6-14(7-3-1)19-15-9-12-18(13-10-15)16-8-4-5-11-17-16/h1-8,11,15H,9-10,12-13H2. The molecule has 1 saturated heterocycles. The van der Waals surface area contributed by atoms with Gasteiger partial charge in [0.05, 0.1) is 0 Å². The van der Waals surface area contributed by atoms with Gasteiger partial charge in [-0.25, -0.2) is 4.98 Å². The van der Waals surface area contributed by atoms with E-state index in [4.69, 9.17) is 4.74 Å². The van der Waals surface area contributed by atoms with Gasteiger partial charge in [0.15, 0.2) is 0 Å². The third-order valence-corrected chi connectivity index (χ3v) is 3.46. The number of piperidine rings is 1. The van der Waals surface area contributed by atoms with Crippen LogP contribution in [0, 0.1) is 0 Å². The molecule has 3 heteroatoms. The summed E-state index contributed by atoms with van der Waals surface area (Å²) >= 11 is 0. The minimum absolute atomic E-state index is 0.322. The summed E-state index contributed by atoms with van der Waals surface area (Å²) in [5, 5.41) is 0. The lowest BCUT2D eigenvalue weighted by Gasteiger charge is -2.32. The van der Waals surface area contributed by atoms with Crippen LogP contribution in [0.4, 0.5) is 5.82 Å². The van der Waals surface area contributed by atoms with E-state index in [-0.39, 0.29) is 0 Å². The first-order valence-electron chi connectivity index (χ1n) is 6.79. The number of hydrogen-bond acceptors (Lipinski definition) is 3. The number of ether oxygens (including phenoxy) is 1. The maximum atomic E-state index is 5.99. The molecule has 2 heterocycles. The fraction of sp³-hybridized carbons (Fsp3) is 0.312. The second kappa shape index (κ2) is 5.74. The lowest BCUT2D eigenvalue weighted by atomic mass is 10.1. The molecule has 0 saturated carbocycles. The molecule has 0 aliphatic carbocycles. The van der Waals surface area contributed by atoms with Gasteiger partial charge in [0.1, 0.15) is 17.7 Å². The Kier molecular flexibility index (Phi) is 3.63. The second-order valence-electron chi connectivity index (χ2n) is 4.81. The minimum Gasteiger partial charge on any atom is -0.490 e. The summed E-state index contributed by atoms with van der Waals surface area (Å²) in [6.45, 7) is 2.02. The molecule has 2 aromatic rings. The number of aromatic nitrogens is 1. The zero-order valence-corrected chi connectivity index (χ0v) is 10.9. The predicted octanol–water partition coefficient (Wildman–Crippen LogP) is 3.13. The van der Waals surface area contributed by atoms with Gasteiger partial charge in [0.2, 0.25) is 0 Å². The number of para-hydroxylation sites is 1. The quantitative estimate of drug-likeness (QED) is 0.841. The van der Waals surface area contributed by atoms with Crippen molar-refractivity contribution < 1.29 is 4.74 Å². The lowest BCUT2D eigenvalue weighted by molar-refractivity contribution is 0.170. The Bertz CT molecular complexity index is 493. The number of anilines is 1. The zero-order valence-electron chi connectivity index (χ0n) is 10.9. The van der Waals surface area contributed by atoms with Gasteiger partial charge < -0.3 is 9.64 Å². The third kappa shape index (κ3) is 3.05. The summed E-state index contributed by atoms with van der Waals surface area (Å²) in [5.41, 5.74) is 0. The molecular weight excluding hydrogens is 236 g/mol. The molecule has 0 amide bonds. The molecule has 0 atom stereocenters. The molecule has 3 nitrogen and oxygen atoms in total. The van der Waals surface area contributed by atoms with Crippen LogP contribution < -0.4 is 9.64 Å². The van der Waals surface area contributed by atoms with Crippen LogP contribution in [0.15, 0.2) is 54.7 Å². The average Bonchev–Trinajstić information content (AvgIpc) is 2.50. The summed E-state index contributed by atoms with van der Waals surface area (Å²) < 4.78 is 5.99. The van der Waals surface area contributed by atoms with Crippen LogP contribution >= 0.6 is 0 Å². The van der Waals surface area contributed by atoms with Crippen molar-refractivity contribution in [2.75, 3.05) is 18.0 Å². The van der Waals surface area contributed by atoms with Gasteiger partial charge >= 0.3 is 0 Å². The monoisotopic (exact) mass is 254 g/mol. The smallest absolute Gasteiger partial charge is 0.128 e. The third-order valence-electron chi connectivity index (χ3n) is 3.46. The molecule has 0 unspecified atom stereocenters. The first-order chi connectivity index (χ1) is 9.42. The van der Waals surface area contributed by atoms with E-state index in [1.54, 1.807) is 0 Å². The van der Waals surface area contributed by atoms with Crippen LogP contribution in [-0.2, 0) is 0 Å². The molecule has 3 rings (SSSR count). The number of hydrogen-bond donors (Lipinski definition) is 0. The van der Waals surface area contributed by atoms with Crippen molar-refractivity contribution in [1.29, 1.82) is 0 Å². The Labute approximate surface area is 113 Å². The summed E-state index contributed by atoms with van der Waals surface area (Å²) in [6, 6.07) is 16.1. The van der Waals surface area contributed by atoms with Gasteiger partial charge in [-0.05, 0) is 24.3 Å². The highest BCUT2D eigenvalue weighted by Crippen LogP contribution is 2.21. The first kappa shape index (κ1) is 12.0. The van der Waals surface area contributed by atoms with E-state index in [2.05, 4.69) is 16.0 Å². The van der Waals surface area contributed by atoms with Crippen molar-refractivity contribution in [1.82, 2.24) is 4.98 Å². The minimum atomic E-state index is 0.322. The maximum absolute atomic E-state index is 5.99. The van der Waals surface area contributed by atoms with Crippen molar-refractivity contribution in [2.45, 2.75) is 18.9 Å². The molecule has 98 valence electrons. The highest BCUT2D eigenvalue weighted by molar-refractivity contribution is 5.38. The van der Waals surface area contributed by atoms with E-state index in [1.807, 2.05) is 48.7 Å². The van der Waals surface area contributed by atoms with Crippen LogP contribution in [0.25, 0.3) is 0 Å². The van der Waals surface area contributed by atoms with Gasteiger partial charge in [-0.1, -0.05) is 24.3 Å². The van der Waals surface area contributed by atoms with E-state index < -0.39 is 0 Å². The molecule has 1 aliphatic rings. The second-order valence-corrected chi connectivity index (χ2v) is 4.81. The molecule has 0 bridgehead atoms. The van der Waals surface area contributed by atoms with E-state index in [1.165, 1.54) is 0 Å². The summed E-state index contributed by atoms with van der Waals surface area (Å²) in [7, 11) is 0. The summed E-state index contributed by atoms with van der Waals surface area (Å²) in [6.07, 6.45) is 4.26. The van der Waals surface area contributed by atoms with Gasteiger partial charge in [-0.2, -0.15) is 0 Å². The zero-order chi connectivity index (χ0) is 12.9. The van der Waals surface area contributed by atoms with Gasteiger partial charge in [0.25, 0.3) is 0 Å². The molecule has 1 aromatic heterocycles. The molecule has 1 aromatic carbocycles. The van der Waals surface area contributed by atoms with Crippen LogP contribution in [0.3, 0.4) is 0 Å². The highest BCUT2D eigenvalue weighted by atomic mass is 16.5. The number of pyridine rings is 1. The van der Waals surface area contributed by atoms with E-state index in [0.29, 0.717) is 6.10 Å². The Morgan fingerprint density at radius 1 is 0.947 bits per heavy atom. The first-order valence-corrected chi connectivity index (χ1v) is 6.79. The van der Waals surface area contributed by atoms with E-state index in [0.717, 1.165) is 37.5 Å².